The van der Waals surface area contributed by atoms with Crippen LogP contribution >= 0.6 is 11.6 Å². The van der Waals surface area contributed by atoms with E-state index in [1.54, 1.807) is 4.57 Å². The summed E-state index contributed by atoms with van der Waals surface area (Å²) in [4.78, 5) is 12.9. The number of imidazole rings is 1. The Hall–Kier alpha value is -2.67. The van der Waals surface area contributed by atoms with E-state index in [2.05, 4.69) is 20.1 Å². The Kier molecular flexibility index (Phi) is 3.41. The summed E-state index contributed by atoms with van der Waals surface area (Å²) in [6, 6.07) is 7.55. The predicted molar refractivity (Wildman–Crippen MR) is 78.8 cm³/mol. The van der Waals surface area contributed by atoms with Gasteiger partial charge in [0.25, 0.3) is 0 Å². The number of nitrogens with two attached hydrogens (primary N) is 1. The third-order valence-corrected chi connectivity index (χ3v) is 3.10. The highest BCUT2D eigenvalue weighted by Crippen LogP contribution is 2.20. The highest BCUT2D eigenvalue weighted by atomic mass is 35.5. The Morgan fingerprint density at radius 1 is 1.29 bits per heavy atom. The topological polar surface area (TPSA) is 102 Å². The fraction of sp³-hybridized carbons (Fsp3) is 0.0769. The SMILES string of the molecule is N/C(Cc1nc2ccccc2n1-c1ncc(Cl)cn1)=N/O. The minimum Gasteiger partial charge on any atom is -0.409 e. The van der Waals surface area contributed by atoms with Crippen LogP contribution in [-0.2, 0) is 6.42 Å². The molecule has 0 amide bonds. The summed E-state index contributed by atoms with van der Waals surface area (Å²) in [7, 11) is 0. The number of aromatic nitrogens is 4. The lowest BCUT2D eigenvalue weighted by molar-refractivity contribution is 0.317. The molecule has 3 aromatic rings. The van der Waals surface area contributed by atoms with Crippen LogP contribution in [0.4, 0.5) is 0 Å². The van der Waals surface area contributed by atoms with Gasteiger partial charge < -0.3 is 10.9 Å². The van der Waals surface area contributed by atoms with Crippen molar-refractivity contribution in [1.82, 2.24) is 19.5 Å². The lowest BCUT2D eigenvalue weighted by atomic mass is 10.3. The molecule has 0 radical (unpaired) electrons. The molecule has 2 aromatic heterocycles. The molecule has 3 N–H and O–H groups in total. The van der Waals surface area contributed by atoms with Gasteiger partial charge in [-0.1, -0.05) is 28.9 Å². The van der Waals surface area contributed by atoms with Gasteiger partial charge >= 0.3 is 0 Å². The number of hydrogen-bond acceptors (Lipinski definition) is 5. The van der Waals surface area contributed by atoms with Gasteiger partial charge in [0, 0.05) is 0 Å². The first-order chi connectivity index (χ1) is 10.2. The zero-order valence-corrected chi connectivity index (χ0v) is 11.6. The molecule has 0 saturated heterocycles. The molecule has 8 heteroatoms. The summed E-state index contributed by atoms with van der Waals surface area (Å²) < 4.78 is 1.75. The molecule has 0 unspecified atom stereocenters. The van der Waals surface area contributed by atoms with Gasteiger partial charge in [-0.05, 0) is 12.1 Å². The van der Waals surface area contributed by atoms with Gasteiger partial charge in [-0.3, -0.25) is 4.57 Å². The van der Waals surface area contributed by atoms with Crippen molar-refractivity contribution >= 4 is 28.5 Å². The van der Waals surface area contributed by atoms with Crippen molar-refractivity contribution in [2.45, 2.75) is 6.42 Å². The van der Waals surface area contributed by atoms with E-state index in [0.29, 0.717) is 16.8 Å². The summed E-state index contributed by atoms with van der Waals surface area (Å²) in [5, 5.41) is 12.2. The molecule has 7 nitrogen and oxygen atoms in total. The molecule has 1 aromatic carbocycles. The molecule has 0 aliphatic heterocycles. The van der Waals surface area contributed by atoms with Crippen molar-refractivity contribution in [2.24, 2.45) is 10.9 Å². The van der Waals surface area contributed by atoms with Crippen molar-refractivity contribution in [3.8, 4) is 5.95 Å². The lowest BCUT2D eigenvalue weighted by Gasteiger charge is -2.06. The molecule has 2 heterocycles. The zero-order valence-electron chi connectivity index (χ0n) is 10.8. The maximum atomic E-state index is 8.75. The number of halogens is 1. The second-order valence-corrected chi connectivity index (χ2v) is 4.76. The van der Waals surface area contributed by atoms with Crippen LogP contribution in [0.5, 0.6) is 0 Å². The Labute approximate surface area is 124 Å². The molecule has 21 heavy (non-hydrogen) atoms. The molecule has 0 aliphatic carbocycles. The smallest absolute Gasteiger partial charge is 0.235 e. The van der Waals surface area contributed by atoms with Crippen molar-refractivity contribution in [3.63, 3.8) is 0 Å². The number of para-hydroxylation sites is 2. The average Bonchev–Trinajstić information content (AvgIpc) is 2.86. The third-order valence-electron chi connectivity index (χ3n) is 2.90. The molecule has 0 aliphatic rings. The van der Waals surface area contributed by atoms with Crippen molar-refractivity contribution in [2.75, 3.05) is 0 Å². The summed E-state index contributed by atoms with van der Waals surface area (Å²) in [6.45, 7) is 0. The number of rotatable bonds is 3. The van der Waals surface area contributed by atoms with Crippen molar-refractivity contribution in [1.29, 1.82) is 0 Å². The van der Waals surface area contributed by atoms with Gasteiger partial charge in [0.05, 0.1) is 34.9 Å². The summed E-state index contributed by atoms with van der Waals surface area (Å²) in [5.41, 5.74) is 7.19. The number of amidine groups is 1. The van der Waals surface area contributed by atoms with Crippen LogP contribution in [-0.4, -0.2) is 30.6 Å². The van der Waals surface area contributed by atoms with E-state index in [9.17, 15) is 0 Å². The first kappa shape index (κ1) is 13.3. The van der Waals surface area contributed by atoms with Crippen LogP contribution in [0, 0.1) is 0 Å². The molecule has 0 fully saturated rings. The Morgan fingerprint density at radius 2 is 2.00 bits per heavy atom. The maximum absolute atomic E-state index is 8.75. The third kappa shape index (κ3) is 2.50. The number of fused-ring (bicyclic) bond motifs is 1. The normalized spacial score (nSPS) is 12.0. The van der Waals surface area contributed by atoms with E-state index >= 15 is 0 Å². The van der Waals surface area contributed by atoms with Crippen molar-refractivity contribution in [3.05, 3.63) is 47.5 Å². The van der Waals surface area contributed by atoms with Gasteiger partial charge in [-0.15, -0.1) is 0 Å². The second-order valence-electron chi connectivity index (χ2n) is 4.32. The van der Waals surface area contributed by atoms with Crippen LogP contribution in [0.15, 0.2) is 41.8 Å². The van der Waals surface area contributed by atoms with Crippen LogP contribution in [0.3, 0.4) is 0 Å². The molecule has 0 spiro atoms. The highest BCUT2D eigenvalue weighted by Gasteiger charge is 2.15. The van der Waals surface area contributed by atoms with E-state index in [0.717, 1.165) is 11.0 Å². The Morgan fingerprint density at radius 3 is 2.71 bits per heavy atom. The van der Waals surface area contributed by atoms with Gasteiger partial charge in [-0.2, -0.15) is 0 Å². The monoisotopic (exact) mass is 302 g/mol. The van der Waals surface area contributed by atoms with E-state index in [1.807, 2.05) is 24.3 Å². The van der Waals surface area contributed by atoms with Gasteiger partial charge in [0.15, 0.2) is 0 Å². The molecule has 0 saturated carbocycles. The quantitative estimate of drug-likeness (QED) is 0.332. The highest BCUT2D eigenvalue weighted by molar-refractivity contribution is 6.30. The molecule has 106 valence electrons. The number of benzene rings is 1. The van der Waals surface area contributed by atoms with E-state index in [-0.39, 0.29) is 12.3 Å². The van der Waals surface area contributed by atoms with Gasteiger partial charge in [0.1, 0.15) is 11.7 Å². The zero-order chi connectivity index (χ0) is 14.8. The summed E-state index contributed by atoms with van der Waals surface area (Å²) in [5.74, 6) is 1.06. The Bertz CT molecular complexity index is 811. The average molecular weight is 303 g/mol. The van der Waals surface area contributed by atoms with Crippen LogP contribution in [0.25, 0.3) is 17.0 Å². The fourth-order valence-corrected chi connectivity index (χ4v) is 2.13. The van der Waals surface area contributed by atoms with E-state index in [4.69, 9.17) is 22.5 Å². The minimum atomic E-state index is 0.0560. The minimum absolute atomic E-state index is 0.0560. The first-order valence-electron chi connectivity index (χ1n) is 6.09. The largest absolute Gasteiger partial charge is 0.409 e. The fourth-order valence-electron chi connectivity index (χ4n) is 2.04. The lowest BCUT2D eigenvalue weighted by Crippen LogP contribution is -2.18. The molecular formula is C13H11ClN6O. The van der Waals surface area contributed by atoms with E-state index < -0.39 is 0 Å². The predicted octanol–water partition coefficient (Wildman–Crippen LogP) is 1.76. The van der Waals surface area contributed by atoms with Gasteiger partial charge in [-0.25, -0.2) is 15.0 Å². The number of oxime groups is 1. The van der Waals surface area contributed by atoms with Gasteiger partial charge in [0.2, 0.25) is 5.95 Å². The van der Waals surface area contributed by atoms with Crippen LogP contribution in [0.2, 0.25) is 5.02 Å². The molecule has 0 atom stereocenters. The molecular weight excluding hydrogens is 292 g/mol. The Balaban J connectivity index is 2.22. The molecule has 3 rings (SSSR count). The van der Waals surface area contributed by atoms with E-state index in [1.165, 1.54) is 12.4 Å². The standard InChI is InChI=1S/C13H11ClN6O/c14-8-6-16-13(17-7-8)20-10-4-2-1-3-9(10)18-12(20)5-11(15)19-21/h1-4,6-7,21H,5H2,(H2,15,19). The first-order valence-corrected chi connectivity index (χ1v) is 6.47. The summed E-state index contributed by atoms with van der Waals surface area (Å²) in [6.07, 6.45) is 3.19. The number of nitrogens with zero attached hydrogens (tertiary/aromatic N) is 5. The van der Waals surface area contributed by atoms with Crippen LogP contribution in [0.1, 0.15) is 5.82 Å². The maximum Gasteiger partial charge on any atom is 0.235 e. The van der Waals surface area contributed by atoms with Crippen molar-refractivity contribution < 1.29 is 5.21 Å². The second kappa shape index (κ2) is 5.37. The van der Waals surface area contributed by atoms with Crippen LogP contribution < -0.4 is 5.73 Å². The summed E-state index contributed by atoms with van der Waals surface area (Å²) >= 11 is 5.82. The molecule has 0 bridgehead atoms. The number of hydrogen-bond donors (Lipinski definition) is 2.